The highest BCUT2D eigenvalue weighted by Gasteiger charge is 2.33. The van der Waals surface area contributed by atoms with Crippen molar-refractivity contribution in [3.8, 4) is 0 Å². The van der Waals surface area contributed by atoms with Gasteiger partial charge in [0.2, 0.25) is 0 Å². The van der Waals surface area contributed by atoms with E-state index in [1.807, 2.05) is 27.7 Å². The van der Waals surface area contributed by atoms with Crippen LogP contribution < -0.4 is 0 Å². The second-order valence-electron chi connectivity index (χ2n) is 4.40. The highest BCUT2D eigenvalue weighted by molar-refractivity contribution is 5.73. The van der Waals surface area contributed by atoms with Crippen molar-refractivity contribution < 1.29 is 14.6 Å². The fraction of sp³-hybridized carbons (Fsp3) is 0.917. The molecule has 0 aliphatic heterocycles. The predicted octanol–water partition coefficient (Wildman–Crippen LogP) is 2.23. The van der Waals surface area contributed by atoms with Gasteiger partial charge in [-0.05, 0) is 18.8 Å². The van der Waals surface area contributed by atoms with Crippen LogP contribution in [0.1, 0.15) is 41.0 Å². The van der Waals surface area contributed by atoms with Crippen LogP contribution in [0.3, 0.4) is 0 Å². The monoisotopic (exact) mass is 216 g/mol. The van der Waals surface area contributed by atoms with E-state index in [9.17, 15) is 9.90 Å². The molecule has 0 spiro atoms. The lowest BCUT2D eigenvalue weighted by atomic mass is 9.83. The van der Waals surface area contributed by atoms with E-state index >= 15 is 0 Å². The largest absolute Gasteiger partial charge is 0.466 e. The molecule has 3 unspecified atom stereocenters. The third-order valence-electron chi connectivity index (χ3n) is 2.87. The number of hydrogen-bond donors (Lipinski definition) is 1. The molecule has 0 saturated carbocycles. The zero-order valence-corrected chi connectivity index (χ0v) is 10.5. The van der Waals surface area contributed by atoms with Crippen molar-refractivity contribution in [2.75, 3.05) is 6.61 Å². The zero-order chi connectivity index (χ0) is 12.0. The Morgan fingerprint density at radius 2 is 1.80 bits per heavy atom. The number of rotatable bonds is 6. The van der Waals surface area contributed by atoms with Gasteiger partial charge in [-0.2, -0.15) is 0 Å². The van der Waals surface area contributed by atoms with Crippen molar-refractivity contribution in [1.29, 1.82) is 0 Å². The number of hydrogen-bond acceptors (Lipinski definition) is 3. The Morgan fingerprint density at radius 3 is 2.13 bits per heavy atom. The number of carbonyl (C=O) groups excluding carboxylic acids is 1. The Balaban J connectivity index is 4.58. The smallest absolute Gasteiger partial charge is 0.311 e. The first-order chi connectivity index (χ1) is 6.95. The third-order valence-corrected chi connectivity index (χ3v) is 2.87. The van der Waals surface area contributed by atoms with Crippen molar-refractivity contribution in [3.63, 3.8) is 0 Å². The van der Waals surface area contributed by atoms with Crippen LogP contribution in [-0.4, -0.2) is 23.8 Å². The fourth-order valence-electron chi connectivity index (χ4n) is 1.64. The highest BCUT2D eigenvalue weighted by Crippen LogP contribution is 2.24. The first kappa shape index (κ1) is 14.4. The van der Waals surface area contributed by atoms with Crippen LogP contribution in [0.25, 0.3) is 0 Å². The van der Waals surface area contributed by atoms with Gasteiger partial charge in [-0.25, -0.2) is 0 Å². The molecule has 0 rings (SSSR count). The van der Waals surface area contributed by atoms with E-state index in [4.69, 9.17) is 4.74 Å². The number of aliphatic hydroxyl groups is 1. The van der Waals surface area contributed by atoms with Crippen molar-refractivity contribution >= 4 is 5.97 Å². The average molecular weight is 216 g/mol. The molecule has 0 aliphatic rings. The van der Waals surface area contributed by atoms with Crippen LogP contribution in [0.15, 0.2) is 0 Å². The minimum absolute atomic E-state index is 0.105. The summed E-state index contributed by atoms with van der Waals surface area (Å²) in [6.07, 6.45) is 0.262. The summed E-state index contributed by atoms with van der Waals surface area (Å²) < 4.78 is 4.98. The molecule has 90 valence electrons. The Labute approximate surface area is 92.8 Å². The van der Waals surface area contributed by atoms with Gasteiger partial charge >= 0.3 is 5.97 Å². The summed E-state index contributed by atoms with van der Waals surface area (Å²) in [5, 5.41) is 10.0. The summed E-state index contributed by atoms with van der Waals surface area (Å²) in [5.74, 6) is -0.449. The van der Waals surface area contributed by atoms with E-state index in [-0.39, 0.29) is 17.8 Å². The molecule has 0 bridgehead atoms. The first-order valence-electron chi connectivity index (χ1n) is 5.80. The van der Waals surface area contributed by atoms with Crippen LogP contribution >= 0.6 is 0 Å². The summed E-state index contributed by atoms with van der Waals surface area (Å²) in [6.45, 7) is 10.00. The molecule has 3 atom stereocenters. The zero-order valence-electron chi connectivity index (χ0n) is 10.5. The van der Waals surface area contributed by atoms with Crippen LogP contribution in [0.2, 0.25) is 0 Å². The van der Waals surface area contributed by atoms with Gasteiger partial charge in [0.1, 0.15) is 0 Å². The Bertz CT molecular complexity index is 189. The first-order valence-corrected chi connectivity index (χ1v) is 5.80. The molecule has 0 amide bonds. The summed E-state index contributed by atoms with van der Waals surface area (Å²) in [4.78, 5) is 11.7. The van der Waals surface area contributed by atoms with Crippen molar-refractivity contribution in [2.45, 2.75) is 47.1 Å². The standard InChI is InChI=1S/C12H24O3/c1-6-9(5)11(13)10(8(3)4)12(14)15-7-2/h8-11,13H,6-7H2,1-5H3. The number of aliphatic hydroxyl groups excluding tert-OH is 1. The highest BCUT2D eigenvalue weighted by atomic mass is 16.5. The number of esters is 1. The van der Waals surface area contributed by atoms with Gasteiger partial charge in [0.15, 0.2) is 0 Å². The molecule has 0 aromatic rings. The minimum Gasteiger partial charge on any atom is -0.466 e. The van der Waals surface area contributed by atoms with E-state index < -0.39 is 12.0 Å². The maximum Gasteiger partial charge on any atom is 0.311 e. The molecule has 15 heavy (non-hydrogen) atoms. The van der Waals surface area contributed by atoms with E-state index in [1.165, 1.54) is 0 Å². The summed E-state index contributed by atoms with van der Waals surface area (Å²) in [5.41, 5.74) is 0. The van der Waals surface area contributed by atoms with Gasteiger partial charge in [-0.15, -0.1) is 0 Å². The van der Waals surface area contributed by atoms with Gasteiger partial charge in [-0.3, -0.25) is 4.79 Å². The summed E-state index contributed by atoms with van der Waals surface area (Å²) >= 11 is 0. The molecular formula is C12H24O3. The molecular weight excluding hydrogens is 192 g/mol. The Hall–Kier alpha value is -0.570. The fourth-order valence-corrected chi connectivity index (χ4v) is 1.64. The van der Waals surface area contributed by atoms with Gasteiger partial charge in [0.25, 0.3) is 0 Å². The van der Waals surface area contributed by atoms with E-state index in [2.05, 4.69) is 0 Å². The van der Waals surface area contributed by atoms with E-state index in [0.29, 0.717) is 6.61 Å². The second-order valence-corrected chi connectivity index (χ2v) is 4.40. The maximum atomic E-state index is 11.7. The summed E-state index contributed by atoms with van der Waals surface area (Å²) in [6, 6.07) is 0. The lowest BCUT2D eigenvalue weighted by molar-refractivity contribution is -0.155. The number of carbonyl (C=O) groups is 1. The predicted molar refractivity (Wildman–Crippen MR) is 60.4 cm³/mol. The molecule has 3 nitrogen and oxygen atoms in total. The van der Waals surface area contributed by atoms with Crippen molar-refractivity contribution in [3.05, 3.63) is 0 Å². The average Bonchev–Trinajstić information content (AvgIpc) is 2.16. The van der Waals surface area contributed by atoms with Crippen LogP contribution in [-0.2, 0) is 9.53 Å². The lowest BCUT2D eigenvalue weighted by Gasteiger charge is -2.28. The molecule has 0 aliphatic carbocycles. The molecule has 0 saturated heterocycles. The molecule has 3 heteroatoms. The van der Waals surface area contributed by atoms with Gasteiger partial charge in [-0.1, -0.05) is 34.1 Å². The van der Waals surface area contributed by atoms with Crippen molar-refractivity contribution in [1.82, 2.24) is 0 Å². The quantitative estimate of drug-likeness (QED) is 0.692. The van der Waals surface area contributed by atoms with Gasteiger partial charge in [0.05, 0.1) is 18.6 Å². The second kappa shape index (κ2) is 6.83. The topological polar surface area (TPSA) is 46.5 Å². The SMILES string of the molecule is CCOC(=O)C(C(C)C)C(O)C(C)CC. The van der Waals surface area contributed by atoms with Crippen LogP contribution in [0.4, 0.5) is 0 Å². The van der Waals surface area contributed by atoms with Gasteiger partial charge in [0, 0.05) is 0 Å². The van der Waals surface area contributed by atoms with Crippen LogP contribution in [0.5, 0.6) is 0 Å². The Morgan fingerprint density at radius 1 is 1.27 bits per heavy atom. The van der Waals surface area contributed by atoms with E-state index in [0.717, 1.165) is 6.42 Å². The molecule has 0 radical (unpaired) electrons. The molecule has 0 fully saturated rings. The normalized spacial score (nSPS) is 17.3. The van der Waals surface area contributed by atoms with Crippen molar-refractivity contribution in [2.24, 2.45) is 17.8 Å². The molecule has 0 aromatic carbocycles. The third kappa shape index (κ3) is 4.20. The number of ether oxygens (including phenoxy) is 1. The van der Waals surface area contributed by atoms with Gasteiger partial charge < -0.3 is 9.84 Å². The van der Waals surface area contributed by atoms with Crippen LogP contribution in [0, 0.1) is 17.8 Å². The molecule has 0 heterocycles. The Kier molecular flexibility index (Phi) is 6.57. The minimum atomic E-state index is -0.603. The molecule has 1 N–H and O–H groups in total. The lowest BCUT2D eigenvalue weighted by Crippen LogP contribution is -2.37. The maximum absolute atomic E-state index is 11.7. The molecule has 0 aromatic heterocycles. The summed E-state index contributed by atoms with van der Waals surface area (Å²) in [7, 11) is 0. The van der Waals surface area contributed by atoms with E-state index in [1.54, 1.807) is 6.92 Å².